The molecule has 2 aromatic carbocycles. The van der Waals surface area contributed by atoms with E-state index in [0.29, 0.717) is 12.1 Å². The van der Waals surface area contributed by atoms with Gasteiger partial charge >= 0.3 is 5.97 Å². The largest absolute Gasteiger partial charge is 0.465 e. The lowest BCUT2D eigenvalue weighted by Crippen LogP contribution is -2.17. The molecule has 0 radical (unpaired) electrons. The van der Waals surface area contributed by atoms with Gasteiger partial charge in [0.15, 0.2) is 0 Å². The molecule has 1 N–H and O–H groups in total. The summed E-state index contributed by atoms with van der Waals surface area (Å²) in [4.78, 5) is 23.2. The van der Waals surface area contributed by atoms with E-state index in [9.17, 15) is 27.2 Å². The third-order valence-electron chi connectivity index (χ3n) is 2.90. The van der Waals surface area contributed by atoms with Crippen LogP contribution in [-0.4, -0.2) is 19.0 Å². The summed E-state index contributed by atoms with van der Waals surface area (Å²) in [5.74, 6) is -7.13. The van der Waals surface area contributed by atoms with Gasteiger partial charge in [-0.3, -0.25) is 4.79 Å². The van der Waals surface area contributed by atoms with Gasteiger partial charge in [0.2, 0.25) is 0 Å². The molecule has 0 saturated carbocycles. The van der Waals surface area contributed by atoms with E-state index in [-0.39, 0.29) is 0 Å². The molecule has 8 heteroatoms. The minimum absolute atomic E-state index is 0.347. The van der Waals surface area contributed by atoms with Crippen molar-refractivity contribution in [3.63, 3.8) is 0 Å². The Morgan fingerprint density at radius 2 is 1.57 bits per heavy atom. The summed E-state index contributed by atoms with van der Waals surface area (Å²) >= 11 is 0. The molecule has 0 fully saturated rings. The molecule has 0 unspecified atom stereocenters. The van der Waals surface area contributed by atoms with Crippen LogP contribution in [0.3, 0.4) is 0 Å². The number of esters is 1. The van der Waals surface area contributed by atoms with Crippen LogP contribution in [0.25, 0.3) is 0 Å². The number of hydrogen-bond acceptors (Lipinski definition) is 3. The van der Waals surface area contributed by atoms with Gasteiger partial charge in [0, 0.05) is 6.07 Å². The maximum Gasteiger partial charge on any atom is 0.340 e. The molecule has 23 heavy (non-hydrogen) atoms. The van der Waals surface area contributed by atoms with Crippen LogP contribution in [-0.2, 0) is 4.74 Å². The summed E-state index contributed by atoms with van der Waals surface area (Å²) in [7, 11) is 0.984. The summed E-state index contributed by atoms with van der Waals surface area (Å²) in [5, 5.41) is 1.89. The van der Waals surface area contributed by atoms with Crippen molar-refractivity contribution in [3.05, 3.63) is 64.7 Å². The van der Waals surface area contributed by atoms with Gasteiger partial charge < -0.3 is 10.1 Å². The number of hydrogen-bond donors (Lipinski definition) is 1. The molecular weight excluding hydrogens is 318 g/mol. The highest BCUT2D eigenvalue weighted by Gasteiger charge is 2.21. The third kappa shape index (κ3) is 3.31. The normalized spacial score (nSPS) is 10.3. The molecule has 0 aliphatic heterocycles. The molecule has 0 aromatic heterocycles. The zero-order valence-electron chi connectivity index (χ0n) is 11.6. The number of anilines is 1. The Kier molecular flexibility index (Phi) is 4.63. The highest BCUT2D eigenvalue weighted by atomic mass is 19.1. The van der Waals surface area contributed by atoms with E-state index in [2.05, 4.69) is 4.74 Å². The number of rotatable bonds is 3. The minimum atomic E-state index is -1.29. The number of nitrogens with one attached hydrogen (secondary N) is 1. The molecular formula is C15H9F4NO3. The summed E-state index contributed by atoms with van der Waals surface area (Å²) in [6, 6.07) is 3.76. The van der Waals surface area contributed by atoms with Crippen molar-refractivity contribution in [3.8, 4) is 0 Å². The van der Waals surface area contributed by atoms with E-state index in [1.807, 2.05) is 5.32 Å². The molecule has 0 atom stereocenters. The molecule has 0 heterocycles. The van der Waals surface area contributed by atoms with Crippen LogP contribution in [0.15, 0.2) is 30.3 Å². The molecule has 2 rings (SSSR count). The van der Waals surface area contributed by atoms with E-state index >= 15 is 0 Å². The van der Waals surface area contributed by atoms with Gasteiger partial charge in [0.1, 0.15) is 28.8 Å². The van der Waals surface area contributed by atoms with Crippen LogP contribution in [0.2, 0.25) is 0 Å². The Morgan fingerprint density at radius 3 is 2.13 bits per heavy atom. The lowest BCUT2D eigenvalue weighted by Gasteiger charge is -2.10. The molecule has 4 nitrogen and oxygen atoms in total. The van der Waals surface area contributed by atoms with Crippen molar-refractivity contribution in [2.75, 3.05) is 12.4 Å². The number of methoxy groups -OCH3 is 1. The first kappa shape index (κ1) is 16.5. The maximum atomic E-state index is 13.7. The van der Waals surface area contributed by atoms with Gasteiger partial charge in [0.25, 0.3) is 5.91 Å². The quantitative estimate of drug-likeness (QED) is 0.695. The van der Waals surface area contributed by atoms with Crippen molar-refractivity contribution >= 4 is 17.6 Å². The highest BCUT2D eigenvalue weighted by Crippen LogP contribution is 2.22. The number of amides is 1. The molecule has 1 amide bonds. The highest BCUT2D eigenvalue weighted by molar-refractivity contribution is 6.05. The molecule has 120 valence electrons. The monoisotopic (exact) mass is 327 g/mol. The van der Waals surface area contributed by atoms with Crippen LogP contribution in [0, 0.1) is 23.3 Å². The van der Waals surface area contributed by atoms with E-state index in [1.54, 1.807) is 0 Å². The van der Waals surface area contributed by atoms with Gasteiger partial charge in [0.05, 0.1) is 18.4 Å². The fraction of sp³-hybridized carbons (Fsp3) is 0.0667. The first-order chi connectivity index (χ1) is 10.8. The van der Waals surface area contributed by atoms with Crippen LogP contribution < -0.4 is 5.32 Å². The molecule has 2 aromatic rings. The summed E-state index contributed by atoms with van der Waals surface area (Å²) in [6.45, 7) is 0. The average Bonchev–Trinajstić information content (AvgIpc) is 2.49. The summed E-state index contributed by atoms with van der Waals surface area (Å²) < 4.78 is 58.5. The third-order valence-corrected chi connectivity index (χ3v) is 2.90. The molecule has 0 aliphatic rings. The van der Waals surface area contributed by atoms with E-state index in [4.69, 9.17) is 0 Å². The Balaban J connectivity index is 2.40. The average molecular weight is 327 g/mol. The number of carbonyl (C=O) groups is 2. The molecule has 0 spiro atoms. The van der Waals surface area contributed by atoms with Crippen molar-refractivity contribution in [1.29, 1.82) is 0 Å². The lowest BCUT2D eigenvalue weighted by atomic mass is 10.1. The molecule has 0 saturated heterocycles. The van der Waals surface area contributed by atoms with Crippen molar-refractivity contribution < 1.29 is 31.9 Å². The van der Waals surface area contributed by atoms with Gasteiger partial charge in [-0.05, 0) is 18.2 Å². The molecule has 0 aliphatic carbocycles. The Hall–Kier alpha value is -2.90. The van der Waals surface area contributed by atoms with Gasteiger partial charge in [-0.25, -0.2) is 22.4 Å². The predicted octanol–water partition coefficient (Wildman–Crippen LogP) is 3.28. The fourth-order valence-corrected chi connectivity index (χ4v) is 1.81. The van der Waals surface area contributed by atoms with Gasteiger partial charge in [-0.2, -0.15) is 0 Å². The second kappa shape index (κ2) is 6.47. The van der Waals surface area contributed by atoms with Crippen LogP contribution >= 0.6 is 0 Å². The first-order valence-corrected chi connectivity index (χ1v) is 6.18. The van der Waals surface area contributed by atoms with E-state index in [0.717, 1.165) is 25.3 Å². The Morgan fingerprint density at radius 1 is 0.957 bits per heavy atom. The SMILES string of the molecule is COC(=O)c1cc(NC(=O)c2c(F)cccc2F)c(F)cc1F. The summed E-state index contributed by atoms with van der Waals surface area (Å²) in [5.41, 5.74) is -2.20. The fourth-order valence-electron chi connectivity index (χ4n) is 1.81. The van der Waals surface area contributed by atoms with Crippen LogP contribution in [0.1, 0.15) is 20.7 Å². The standard InChI is InChI=1S/C15H9F4NO3/c1-23-15(22)7-5-12(11(19)6-10(7)18)20-14(21)13-8(16)3-2-4-9(13)17/h2-6H,1H3,(H,20,21). The smallest absolute Gasteiger partial charge is 0.340 e. The maximum absolute atomic E-state index is 13.7. The van der Waals surface area contributed by atoms with E-state index < -0.39 is 52.0 Å². The minimum Gasteiger partial charge on any atom is -0.465 e. The Labute approximate surface area is 127 Å². The van der Waals surface area contributed by atoms with Crippen molar-refractivity contribution in [1.82, 2.24) is 0 Å². The second-order valence-corrected chi connectivity index (χ2v) is 4.35. The summed E-state index contributed by atoms with van der Waals surface area (Å²) in [6.07, 6.45) is 0. The second-order valence-electron chi connectivity index (χ2n) is 4.35. The zero-order valence-corrected chi connectivity index (χ0v) is 11.6. The lowest BCUT2D eigenvalue weighted by molar-refractivity contribution is 0.0595. The number of benzene rings is 2. The van der Waals surface area contributed by atoms with Crippen molar-refractivity contribution in [2.24, 2.45) is 0 Å². The van der Waals surface area contributed by atoms with Gasteiger partial charge in [-0.15, -0.1) is 0 Å². The Bertz CT molecular complexity index is 772. The number of ether oxygens (including phenoxy) is 1. The van der Waals surface area contributed by atoms with Crippen LogP contribution in [0.5, 0.6) is 0 Å². The van der Waals surface area contributed by atoms with Crippen molar-refractivity contribution in [2.45, 2.75) is 0 Å². The number of carbonyl (C=O) groups excluding carboxylic acids is 2. The zero-order chi connectivity index (χ0) is 17.1. The van der Waals surface area contributed by atoms with Gasteiger partial charge in [-0.1, -0.05) is 6.07 Å². The van der Waals surface area contributed by atoms with Crippen LogP contribution in [0.4, 0.5) is 23.2 Å². The van der Waals surface area contributed by atoms with E-state index in [1.165, 1.54) is 0 Å². The molecule has 0 bridgehead atoms. The topological polar surface area (TPSA) is 55.4 Å². The number of halogens is 4. The predicted molar refractivity (Wildman–Crippen MR) is 72.0 cm³/mol. The first-order valence-electron chi connectivity index (χ1n) is 6.18.